The molecule has 43 heavy (non-hydrogen) atoms. The molecule has 0 nitrogen and oxygen atoms in total. The van der Waals surface area contributed by atoms with Crippen molar-refractivity contribution in [3.8, 4) is 22.3 Å². The molecule has 0 radical (unpaired) electrons. The van der Waals surface area contributed by atoms with E-state index in [9.17, 15) is 0 Å². The summed E-state index contributed by atoms with van der Waals surface area (Å²) < 4.78 is 0. The normalized spacial score (nSPS) is 14.3. The lowest BCUT2D eigenvalue weighted by molar-refractivity contribution is 1.04. The Labute approximate surface area is 253 Å². The molecule has 8 rings (SSSR count). The van der Waals surface area contributed by atoms with Gasteiger partial charge >= 0.3 is 0 Å². The van der Waals surface area contributed by atoms with Crippen LogP contribution in [0.2, 0.25) is 0 Å². The number of fused-ring (bicyclic) bond motifs is 3. The van der Waals surface area contributed by atoms with Gasteiger partial charge in [0.05, 0.1) is 0 Å². The van der Waals surface area contributed by atoms with Gasteiger partial charge in [0.2, 0.25) is 0 Å². The predicted molar refractivity (Wildman–Crippen MR) is 186 cm³/mol. The quantitative estimate of drug-likeness (QED) is 0.192. The molecule has 0 unspecified atom stereocenters. The second-order valence-corrected chi connectivity index (χ2v) is 11.5. The topological polar surface area (TPSA) is 0 Å². The Morgan fingerprint density at radius 1 is 0.419 bits per heavy atom. The fourth-order valence-electron chi connectivity index (χ4n) is 6.88. The molecule has 0 amide bonds. The lowest BCUT2D eigenvalue weighted by Gasteiger charge is -2.20. The first-order valence-corrected chi connectivity index (χ1v) is 15.3. The second-order valence-electron chi connectivity index (χ2n) is 11.5. The Hall–Kier alpha value is -5.20. The van der Waals surface area contributed by atoms with Gasteiger partial charge in [-0.1, -0.05) is 152 Å². The van der Waals surface area contributed by atoms with Crippen LogP contribution in [0.3, 0.4) is 0 Å². The average molecular weight is 549 g/mol. The van der Waals surface area contributed by atoms with Gasteiger partial charge in [-0.2, -0.15) is 0 Å². The zero-order valence-electron chi connectivity index (χ0n) is 24.1. The van der Waals surface area contributed by atoms with Crippen molar-refractivity contribution in [1.29, 1.82) is 0 Å². The third-order valence-electron chi connectivity index (χ3n) is 8.91. The molecule has 6 aromatic rings. The van der Waals surface area contributed by atoms with Crippen LogP contribution in [0.25, 0.3) is 61.0 Å². The summed E-state index contributed by atoms with van der Waals surface area (Å²) in [5.41, 5.74) is 12.8. The Kier molecular flexibility index (Phi) is 6.46. The number of hydrogen-bond donors (Lipinski definition) is 0. The van der Waals surface area contributed by atoms with E-state index in [1.807, 2.05) is 0 Å². The molecule has 0 spiro atoms. The summed E-state index contributed by atoms with van der Waals surface area (Å²) in [5, 5.41) is 5.16. The summed E-state index contributed by atoms with van der Waals surface area (Å²) in [4.78, 5) is 0. The first-order valence-electron chi connectivity index (χ1n) is 15.3. The number of hydrogen-bond acceptors (Lipinski definition) is 0. The van der Waals surface area contributed by atoms with E-state index in [4.69, 9.17) is 0 Å². The van der Waals surface area contributed by atoms with Crippen LogP contribution in [0.5, 0.6) is 0 Å². The highest BCUT2D eigenvalue weighted by atomic mass is 14.2. The van der Waals surface area contributed by atoms with Gasteiger partial charge in [-0.15, -0.1) is 0 Å². The Balaban J connectivity index is 1.31. The van der Waals surface area contributed by atoms with E-state index in [1.165, 1.54) is 77.2 Å². The zero-order valence-corrected chi connectivity index (χ0v) is 24.1. The Morgan fingerprint density at radius 3 is 1.79 bits per heavy atom. The molecular weight excluding hydrogens is 516 g/mol. The minimum absolute atomic E-state index is 0.919. The molecular formula is C43H32. The predicted octanol–water partition coefficient (Wildman–Crippen LogP) is 11.9. The number of rotatable bonds is 4. The third kappa shape index (κ3) is 4.57. The van der Waals surface area contributed by atoms with Crippen molar-refractivity contribution in [1.82, 2.24) is 0 Å². The van der Waals surface area contributed by atoms with E-state index in [0.29, 0.717) is 0 Å². The highest BCUT2D eigenvalue weighted by Crippen LogP contribution is 2.45. The SMILES string of the molecule is C1=Cc2ccccc2C(c2c3ccccc3c(-c3cccc(-c4ccc(C5=CCCC=C5)cc4)c3)c3ccccc23)=CC1. The standard InChI is InChI=1S/C43H32/c1-2-13-30(14-3-1)31-25-27-32(28-26-31)34-17-12-18-35(29-34)42-38-21-8-10-23-40(38)43(41-24-11-9-22-39(41)42)37-20-7-5-16-33-15-4-6-19-36(33)37/h2,4-6,8-29H,1,3,7H2. The van der Waals surface area contributed by atoms with Crippen molar-refractivity contribution in [3.63, 3.8) is 0 Å². The van der Waals surface area contributed by atoms with Gasteiger partial charge in [0.1, 0.15) is 0 Å². The van der Waals surface area contributed by atoms with Crippen molar-refractivity contribution in [2.24, 2.45) is 0 Å². The zero-order chi connectivity index (χ0) is 28.6. The minimum Gasteiger partial charge on any atom is -0.0836 e. The number of benzene rings is 6. The Morgan fingerprint density at radius 2 is 1.07 bits per heavy atom. The molecule has 0 atom stereocenters. The van der Waals surface area contributed by atoms with Gasteiger partial charge in [-0.05, 0) is 103 Å². The van der Waals surface area contributed by atoms with Crippen molar-refractivity contribution in [3.05, 3.63) is 174 Å². The van der Waals surface area contributed by atoms with E-state index in [2.05, 4.69) is 158 Å². The first kappa shape index (κ1) is 25.5. The monoisotopic (exact) mass is 548 g/mol. The van der Waals surface area contributed by atoms with Gasteiger partial charge in [0.25, 0.3) is 0 Å². The maximum Gasteiger partial charge on any atom is -0.00232 e. The van der Waals surface area contributed by atoms with Crippen LogP contribution in [-0.4, -0.2) is 0 Å². The van der Waals surface area contributed by atoms with Crippen LogP contribution < -0.4 is 0 Å². The van der Waals surface area contributed by atoms with Gasteiger partial charge in [0, 0.05) is 0 Å². The van der Waals surface area contributed by atoms with Crippen LogP contribution >= 0.6 is 0 Å². The molecule has 0 aromatic heterocycles. The third-order valence-corrected chi connectivity index (χ3v) is 8.91. The van der Waals surface area contributed by atoms with Crippen LogP contribution in [0.15, 0.2) is 152 Å². The van der Waals surface area contributed by atoms with E-state index in [-0.39, 0.29) is 0 Å². The van der Waals surface area contributed by atoms with Crippen LogP contribution in [0, 0.1) is 0 Å². The molecule has 204 valence electrons. The van der Waals surface area contributed by atoms with E-state index in [1.54, 1.807) is 0 Å². The molecule has 0 heterocycles. The molecule has 0 fully saturated rings. The molecule has 0 bridgehead atoms. The van der Waals surface area contributed by atoms with Gasteiger partial charge in [-0.25, -0.2) is 0 Å². The molecule has 6 aromatic carbocycles. The summed E-state index contributed by atoms with van der Waals surface area (Å²) in [6, 6.07) is 44.8. The van der Waals surface area contributed by atoms with Crippen molar-refractivity contribution in [2.75, 3.05) is 0 Å². The fourth-order valence-corrected chi connectivity index (χ4v) is 6.88. The smallest absolute Gasteiger partial charge is 0.00232 e. The summed E-state index contributed by atoms with van der Waals surface area (Å²) in [7, 11) is 0. The largest absolute Gasteiger partial charge is 0.0836 e. The summed E-state index contributed by atoms with van der Waals surface area (Å²) >= 11 is 0. The van der Waals surface area contributed by atoms with Crippen LogP contribution in [0.4, 0.5) is 0 Å². The van der Waals surface area contributed by atoms with Gasteiger partial charge < -0.3 is 0 Å². The maximum atomic E-state index is 2.40. The highest BCUT2D eigenvalue weighted by Gasteiger charge is 2.20. The lowest BCUT2D eigenvalue weighted by Crippen LogP contribution is -1.96. The molecule has 2 aliphatic rings. The van der Waals surface area contributed by atoms with Crippen LogP contribution in [-0.2, 0) is 0 Å². The molecule has 0 N–H and O–H groups in total. The minimum atomic E-state index is 0.919. The summed E-state index contributed by atoms with van der Waals surface area (Å²) in [5.74, 6) is 0. The van der Waals surface area contributed by atoms with Gasteiger partial charge in [-0.3, -0.25) is 0 Å². The van der Waals surface area contributed by atoms with Crippen LogP contribution in [0.1, 0.15) is 41.5 Å². The molecule has 0 aliphatic heterocycles. The highest BCUT2D eigenvalue weighted by molar-refractivity contribution is 6.20. The van der Waals surface area contributed by atoms with Gasteiger partial charge in [0.15, 0.2) is 0 Å². The van der Waals surface area contributed by atoms with E-state index < -0.39 is 0 Å². The van der Waals surface area contributed by atoms with E-state index >= 15 is 0 Å². The summed E-state index contributed by atoms with van der Waals surface area (Å²) in [6.45, 7) is 0. The maximum absolute atomic E-state index is 2.40. The number of allylic oxidation sites excluding steroid dienone is 6. The fraction of sp³-hybridized carbons (Fsp3) is 0.0698. The molecule has 0 saturated heterocycles. The second kappa shape index (κ2) is 10.9. The molecule has 0 heteroatoms. The van der Waals surface area contributed by atoms with Crippen molar-refractivity contribution < 1.29 is 0 Å². The van der Waals surface area contributed by atoms with Crippen molar-refractivity contribution >= 4 is 38.8 Å². The Bertz CT molecular complexity index is 2070. The average Bonchev–Trinajstić information content (AvgIpc) is 3.30. The van der Waals surface area contributed by atoms with Crippen molar-refractivity contribution in [2.45, 2.75) is 19.3 Å². The molecule has 0 saturated carbocycles. The summed E-state index contributed by atoms with van der Waals surface area (Å²) in [6.07, 6.45) is 17.0. The van der Waals surface area contributed by atoms with E-state index in [0.717, 1.165) is 19.3 Å². The lowest BCUT2D eigenvalue weighted by atomic mass is 9.83. The first-order chi connectivity index (χ1) is 21.3. The molecule has 2 aliphatic carbocycles.